The summed E-state index contributed by atoms with van der Waals surface area (Å²) in [4.78, 5) is 2.36. The van der Waals surface area contributed by atoms with Crippen LogP contribution in [-0.4, -0.2) is 31.1 Å². The van der Waals surface area contributed by atoms with Crippen LogP contribution in [0.3, 0.4) is 0 Å². The molecule has 0 heterocycles. The zero-order chi connectivity index (χ0) is 10.8. The SMILES string of the molecule is CCCCCCCC(CN)N(C)CC. The molecule has 0 spiro atoms. The zero-order valence-corrected chi connectivity index (χ0v) is 10.3. The van der Waals surface area contributed by atoms with Gasteiger partial charge in [0.15, 0.2) is 0 Å². The summed E-state index contributed by atoms with van der Waals surface area (Å²) in [6.07, 6.45) is 8.09. The maximum Gasteiger partial charge on any atom is 0.0215 e. The van der Waals surface area contributed by atoms with Crippen LogP contribution in [0.15, 0.2) is 0 Å². The normalized spacial score (nSPS) is 13.5. The lowest BCUT2D eigenvalue weighted by molar-refractivity contribution is 0.241. The second-order valence-corrected chi connectivity index (χ2v) is 4.17. The smallest absolute Gasteiger partial charge is 0.0215 e. The van der Waals surface area contributed by atoms with Gasteiger partial charge in [-0.15, -0.1) is 0 Å². The number of hydrogen-bond acceptors (Lipinski definition) is 2. The lowest BCUT2D eigenvalue weighted by Gasteiger charge is -2.25. The van der Waals surface area contributed by atoms with Crippen LogP contribution >= 0.6 is 0 Å². The fourth-order valence-corrected chi connectivity index (χ4v) is 1.76. The van der Waals surface area contributed by atoms with Crippen molar-refractivity contribution in [3.8, 4) is 0 Å². The molecule has 0 bridgehead atoms. The van der Waals surface area contributed by atoms with Crippen LogP contribution in [-0.2, 0) is 0 Å². The Bertz CT molecular complexity index is 115. The van der Waals surface area contributed by atoms with Gasteiger partial charge in [-0.25, -0.2) is 0 Å². The molecule has 0 aliphatic rings. The number of likely N-dealkylation sites (N-methyl/N-ethyl adjacent to an activating group) is 1. The third-order valence-corrected chi connectivity index (χ3v) is 3.04. The maximum absolute atomic E-state index is 5.75. The molecule has 0 amide bonds. The first-order chi connectivity index (χ1) is 6.76. The largest absolute Gasteiger partial charge is 0.329 e. The van der Waals surface area contributed by atoms with E-state index in [4.69, 9.17) is 5.73 Å². The average molecular weight is 200 g/mol. The van der Waals surface area contributed by atoms with Gasteiger partial charge in [0.2, 0.25) is 0 Å². The third-order valence-electron chi connectivity index (χ3n) is 3.04. The van der Waals surface area contributed by atoms with Gasteiger partial charge >= 0.3 is 0 Å². The van der Waals surface area contributed by atoms with Gasteiger partial charge < -0.3 is 10.6 Å². The van der Waals surface area contributed by atoms with E-state index >= 15 is 0 Å². The predicted molar refractivity (Wildman–Crippen MR) is 64.5 cm³/mol. The molecule has 0 aliphatic heterocycles. The summed E-state index contributed by atoms with van der Waals surface area (Å²) in [5, 5.41) is 0. The molecule has 1 unspecified atom stereocenters. The average Bonchev–Trinajstić information content (AvgIpc) is 2.22. The third kappa shape index (κ3) is 6.39. The summed E-state index contributed by atoms with van der Waals surface area (Å²) in [5.41, 5.74) is 5.75. The van der Waals surface area contributed by atoms with E-state index in [2.05, 4.69) is 25.8 Å². The Kier molecular flexibility index (Phi) is 9.42. The zero-order valence-electron chi connectivity index (χ0n) is 10.3. The van der Waals surface area contributed by atoms with Gasteiger partial charge in [0.05, 0.1) is 0 Å². The van der Waals surface area contributed by atoms with E-state index < -0.39 is 0 Å². The predicted octanol–water partition coefficient (Wildman–Crippen LogP) is 2.63. The van der Waals surface area contributed by atoms with E-state index in [1.165, 1.54) is 38.5 Å². The van der Waals surface area contributed by atoms with Gasteiger partial charge in [0.1, 0.15) is 0 Å². The Morgan fingerprint density at radius 1 is 1.07 bits per heavy atom. The maximum atomic E-state index is 5.75. The Labute approximate surface area is 89.9 Å². The number of hydrogen-bond donors (Lipinski definition) is 1. The molecule has 0 aliphatic carbocycles. The minimum absolute atomic E-state index is 0.599. The summed E-state index contributed by atoms with van der Waals surface area (Å²) in [6, 6.07) is 0.599. The molecule has 0 aromatic carbocycles. The quantitative estimate of drug-likeness (QED) is 0.580. The summed E-state index contributed by atoms with van der Waals surface area (Å²) in [6.45, 7) is 6.36. The van der Waals surface area contributed by atoms with Crippen LogP contribution in [0.5, 0.6) is 0 Å². The van der Waals surface area contributed by atoms with Crippen molar-refractivity contribution in [2.24, 2.45) is 5.73 Å². The molecule has 0 rings (SSSR count). The highest BCUT2D eigenvalue weighted by Crippen LogP contribution is 2.09. The summed E-state index contributed by atoms with van der Waals surface area (Å²) in [7, 11) is 2.17. The molecular weight excluding hydrogens is 172 g/mol. The van der Waals surface area contributed by atoms with Gasteiger partial charge in [0.25, 0.3) is 0 Å². The molecule has 0 aromatic heterocycles. The monoisotopic (exact) mass is 200 g/mol. The number of unbranched alkanes of at least 4 members (excludes halogenated alkanes) is 4. The highest BCUT2D eigenvalue weighted by molar-refractivity contribution is 4.68. The van der Waals surface area contributed by atoms with E-state index in [1.54, 1.807) is 0 Å². The van der Waals surface area contributed by atoms with Crippen LogP contribution in [0.4, 0.5) is 0 Å². The van der Waals surface area contributed by atoms with Crippen molar-refractivity contribution in [2.45, 2.75) is 58.4 Å². The van der Waals surface area contributed by atoms with Crippen LogP contribution < -0.4 is 5.73 Å². The highest BCUT2D eigenvalue weighted by atomic mass is 15.1. The molecule has 0 saturated heterocycles. The molecule has 2 N–H and O–H groups in total. The molecule has 0 fully saturated rings. The molecule has 14 heavy (non-hydrogen) atoms. The van der Waals surface area contributed by atoms with Crippen molar-refractivity contribution in [3.05, 3.63) is 0 Å². The molecule has 1 atom stereocenters. The van der Waals surface area contributed by atoms with E-state index in [-0.39, 0.29) is 0 Å². The van der Waals surface area contributed by atoms with Crippen molar-refractivity contribution in [1.82, 2.24) is 4.90 Å². The summed E-state index contributed by atoms with van der Waals surface area (Å²) >= 11 is 0. The van der Waals surface area contributed by atoms with E-state index in [0.29, 0.717) is 6.04 Å². The minimum atomic E-state index is 0.599. The number of nitrogens with two attached hydrogens (primary N) is 1. The Balaban J connectivity index is 3.42. The Morgan fingerprint density at radius 2 is 1.71 bits per heavy atom. The van der Waals surface area contributed by atoms with Crippen molar-refractivity contribution in [3.63, 3.8) is 0 Å². The molecule has 86 valence electrons. The van der Waals surface area contributed by atoms with Crippen molar-refractivity contribution < 1.29 is 0 Å². The van der Waals surface area contributed by atoms with Crippen molar-refractivity contribution in [1.29, 1.82) is 0 Å². The Hall–Kier alpha value is -0.0800. The molecule has 0 radical (unpaired) electrons. The van der Waals surface area contributed by atoms with Crippen LogP contribution in [0.2, 0.25) is 0 Å². The van der Waals surface area contributed by atoms with E-state index in [1.807, 2.05) is 0 Å². The van der Waals surface area contributed by atoms with E-state index in [9.17, 15) is 0 Å². The fraction of sp³-hybridized carbons (Fsp3) is 1.00. The fourth-order valence-electron chi connectivity index (χ4n) is 1.76. The van der Waals surface area contributed by atoms with Gasteiger partial charge in [-0.05, 0) is 20.0 Å². The van der Waals surface area contributed by atoms with E-state index in [0.717, 1.165) is 13.1 Å². The lowest BCUT2D eigenvalue weighted by atomic mass is 10.1. The Morgan fingerprint density at radius 3 is 2.21 bits per heavy atom. The van der Waals surface area contributed by atoms with Gasteiger partial charge in [-0.3, -0.25) is 0 Å². The lowest BCUT2D eigenvalue weighted by Crippen LogP contribution is -2.37. The summed E-state index contributed by atoms with van der Waals surface area (Å²) in [5.74, 6) is 0. The first-order valence-electron chi connectivity index (χ1n) is 6.16. The van der Waals surface area contributed by atoms with Crippen LogP contribution in [0.1, 0.15) is 52.4 Å². The van der Waals surface area contributed by atoms with Crippen LogP contribution in [0, 0.1) is 0 Å². The van der Waals surface area contributed by atoms with Gasteiger partial charge in [0, 0.05) is 12.6 Å². The molecule has 2 heteroatoms. The summed E-state index contributed by atoms with van der Waals surface area (Å²) < 4.78 is 0. The molecule has 0 aromatic rings. The van der Waals surface area contributed by atoms with Crippen molar-refractivity contribution >= 4 is 0 Å². The molecule has 0 saturated carbocycles. The van der Waals surface area contributed by atoms with Crippen LogP contribution in [0.25, 0.3) is 0 Å². The second-order valence-electron chi connectivity index (χ2n) is 4.17. The minimum Gasteiger partial charge on any atom is -0.329 e. The second kappa shape index (κ2) is 9.47. The number of nitrogens with zero attached hydrogens (tertiary/aromatic N) is 1. The van der Waals surface area contributed by atoms with Crippen molar-refractivity contribution in [2.75, 3.05) is 20.1 Å². The molecule has 2 nitrogen and oxygen atoms in total. The van der Waals surface area contributed by atoms with Gasteiger partial charge in [-0.1, -0.05) is 46.0 Å². The topological polar surface area (TPSA) is 29.3 Å². The number of rotatable bonds is 9. The molecular formula is C12H28N2. The highest BCUT2D eigenvalue weighted by Gasteiger charge is 2.09. The standard InChI is InChI=1S/C12H28N2/c1-4-6-7-8-9-10-12(11-13)14(3)5-2/h12H,4-11,13H2,1-3H3. The van der Waals surface area contributed by atoms with Gasteiger partial charge in [-0.2, -0.15) is 0 Å². The first-order valence-corrected chi connectivity index (χ1v) is 6.16. The first kappa shape index (κ1) is 13.9.